The van der Waals surface area contributed by atoms with Gasteiger partial charge in [0.1, 0.15) is 18.1 Å². The van der Waals surface area contributed by atoms with Crippen LogP contribution >= 0.6 is 0 Å². The Morgan fingerprint density at radius 2 is 1.04 bits per heavy atom. The standard InChI is InChI=1S/C75H112N8O11.C19H31BN2O2/c1-19-50(11)58-45-62(84)60-30-25-35-83(60)72(90)61(43-53-28-24-29-55(41-53)54-31-33-57(34-32-54)82-38-36-81(37-39-82)49(9)10)77(15)71(89)59(42-52-26-22-21-23-27-52)76-68(86)65(48(7)8)79(17)73(91)66(51(12)20-2)94-74(92)67(75(13,14)93)80(18)69(87)56(40-46(3)4)44-63(85)64(47(5)6)78(16)70(58)88;1-15(2)21-11-13-22(14-12-21)17-9-7-16(8-10-17)20-23-18(3,4)19(5,6)24-20/h21-24,26-29,31-34,41,46-51,56,58-61,64-67,93H,19-20,25,30,35-40,42-45H2,1-18H3,(H,76,86);7-10,15H,11-14H2,1-6H3/t50?,51?,56-,58+,59?,60?,61?,64+,65+,66-,67-;/m1./s1. The van der Waals surface area contributed by atoms with E-state index in [1.54, 1.807) is 39.8 Å². The maximum Gasteiger partial charge on any atom is 0.494 e. The molecule has 0 aliphatic carbocycles. The van der Waals surface area contributed by atoms with Gasteiger partial charge in [-0.25, -0.2) is 4.79 Å². The first-order valence-electron chi connectivity index (χ1n) is 43.7. The minimum absolute atomic E-state index is 0.0126. The summed E-state index contributed by atoms with van der Waals surface area (Å²) in [5, 5.41) is 14.8. The van der Waals surface area contributed by atoms with E-state index in [0.29, 0.717) is 43.3 Å². The van der Waals surface area contributed by atoms with Crippen molar-refractivity contribution in [1.82, 2.24) is 39.6 Å². The Bertz CT molecular complexity index is 4000. The van der Waals surface area contributed by atoms with Crippen LogP contribution in [0, 0.1) is 41.4 Å². The predicted molar refractivity (Wildman–Crippen MR) is 469 cm³/mol. The molecule has 9 rings (SSSR count). The number of amides is 6. The molecule has 5 saturated heterocycles. The highest BCUT2D eigenvalue weighted by Crippen LogP contribution is 2.38. The molecule has 5 aliphatic rings. The van der Waals surface area contributed by atoms with Crippen molar-refractivity contribution in [3.05, 3.63) is 114 Å². The Morgan fingerprint density at radius 3 is 1.54 bits per heavy atom. The maximum absolute atomic E-state index is 15.9. The van der Waals surface area contributed by atoms with E-state index in [1.807, 2.05) is 103 Å². The van der Waals surface area contributed by atoms with Crippen LogP contribution in [0.5, 0.6) is 0 Å². The van der Waals surface area contributed by atoms with Crippen molar-refractivity contribution < 1.29 is 62.3 Å². The molecular formula is C94H143BN10O13. The molecule has 4 aromatic rings. The van der Waals surface area contributed by atoms with Crippen molar-refractivity contribution in [1.29, 1.82) is 0 Å². The summed E-state index contributed by atoms with van der Waals surface area (Å²) in [6, 6.07) is 27.8. The lowest BCUT2D eigenvalue weighted by molar-refractivity contribution is -0.178. The Kier molecular flexibility index (Phi) is 33.6. The topological polar surface area (TPSA) is 243 Å². The third-order valence-corrected chi connectivity index (χ3v) is 26.0. The van der Waals surface area contributed by atoms with Gasteiger partial charge < -0.3 is 58.8 Å². The molecule has 0 radical (unpaired) electrons. The number of nitrogens with one attached hydrogen (secondary N) is 1. The van der Waals surface area contributed by atoms with Gasteiger partial charge in [-0.3, -0.25) is 48.2 Å². The van der Waals surface area contributed by atoms with Gasteiger partial charge in [-0.2, -0.15) is 0 Å². The van der Waals surface area contributed by atoms with Crippen LogP contribution in [0.25, 0.3) is 11.1 Å². The lowest BCUT2D eigenvalue weighted by Crippen LogP contribution is -2.61. The summed E-state index contributed by atoms with van der Waals surface area (Å²) in [5.74, 6) is -9.43. The van der Waals surface area contributed by atoms with Crippen molar-refractivity contribution in [3.8, 4) is 11.1 Å². The van der Waals surface area contributed by atoms with Crippen molar-refractivity contribution >= 4 is 76.9 Å². The highest BCUT2D eigenvalue weighted by molar-refractivity contribution is 6.62. The molecular weight excluding hydrogens is 1490 g/mol. The zero-order valence-corrected chi connectivity index (χ0v) is 75.7. The van der Waals surface area contributed by atoms with E-state index in [1.165, 1.54) is 48.3 Å². The fraction of sp³-hybridized carbons (Fsp3) is 0.649. The van der Waals surface area contributed by atoms with Crippen LogP contribution in [0.2, 0.25) is 0 Å². The summed E-state index contributed by atoms with van der Waals surface area (Å²) in [6.45, 7) is 46.8. The lowest BCUT2D eigenvalue weighted by atomic mass is 9.79. The van der Waals surface area contributed by atoms with Crippen molar-refractivity contribution in [2.75, 3.05) is 96.9 Å². The Labute approximate surface area is 706 Å². The first-order valence-corrected chi connectivity index (χ1v) is 43.7. The fourth-order valence-electron chi connectivity index (χ4n) is 17.7. The second-order valence-corrected chi connectivity index (χ2v) is 37.5. The number of benzene rings is 4. The SMILES string of the molecule is CC(C)N1CCN(c2ccc(B3OC(C)(C)C(C)(C)O3)cc2)CC1.CCC(C)[C@@H]1CC(=O)C2CCCN2C(=O)C(Cc2cccc(-c3ccc(N4CCN(C(C)C)CC4)cc3)c2)N(C)C(=O)C(Cc2ccccc2)NC(=O)[C@H](C(C)C)N(C)C(=O)[C@@H](C(C)CC)OC(=O)[C@H](C(C)(C)O)N(C)C(=O)[C@H](CC(C)C)CC(=O)[C@H](C(C)C)N(C)C1=O. The Hall–Kier alpha value is -8.03. The van der Waals surface area contributed by atoms with Gasteiger partial charge in [-0.1, -0.05) is 155 Å². The summed E-state index contributed by atoms with van der Waals surface area (Å²) in [7, 11) is 5.61. The molecule has 650 valence electrons. The van der Waals surface area contributed by atoms with Gasteiger partial charge in [0, 0.05) is 154 Å². The van der Waals surface area contributed by atoms with Gasteiger partial charge in [-0.05, 0) is 171 Å². The highest BCUT2D eigenvalue weighted by atomic mass is 16.7. The van der Waals surface area contributed by atoms with E-state index in [0.717, 1.165) is 85.1 Å². The van der Waals surface area contributed by atoms with E-state index in [9.17, 15) is 14.7 Å². The molecule has 6 amide bonds. The third-order valence-electron chi connectivity index (χ3n) is 26.0. The lowest BCUT2D eigenvalue weighted by Gasteiger charge is -2.39. The Morgan fingerprint density at radius 1 is 0.525 bits per heavy atom. The summed E-state index contributed by atoms with van der Waals surface area (Å²) in [6.07, 6.45) is -0.212. The van der Waals surface area contributed by atoms with Gasteiger partial charge >= 0.3 is 13.1 Å². The molecule has 23 nitrogen and oxygen atoms in total. The number of fused-ring (bicyclic) bond motifs is 1. The summed E-state index contributed by atoms with van der Waals surface area (Å²) < 4.78 is 18.5. The molecule has 0 bridgehead atoms. The number of ketones is 2. The average Bonchev–Trinajstić information content (AvgIpc) is 1.65. The minimum atomic E-state index is -1.95. The van der Waals surface area contributed by atoms with Crippen molar-refractivity contribution in [2.24, 2.45) is 41.4 Å². The van der Waals surface area contributed by atoms with Crippen LogP contribution in [-0.2, 0) is 70.0 Å². The first-order chi connectivity index (χ1) is 55.4. The van der Waals surface area contributed by atoms with Gasteiger partial charge in [0.05, 0.1) is 28.9 Å². The Balaban J connectivity index is 0.000000611. The van der Waals surface area contributed by atoms with Gasteiger partial charge in [-0.15, -0.1) is 0 Å². The zero-order chi connectivity index (χ0) is 87.3. The number of carbonyl (C=O) groups excluding carboxylic acids is 9. The number of hydrogen-bond acceptors (Lipinski definition) is 17. The minimum Gasteiger partial charge on any atom is -0.450 e. The van der Waals surface area contributed by atoms with Crippen LogP contribution in [0.15, 0.2) is 103 Å². The fourth-order valence-corrected chi connectivity index (χ4v) is 17.7. The van der Waals surface area contributed by atoms with E-state index in [-0.39, 0.29) is 74.6 Å². The van der Waals surface area contributed by atoms with E-state index >= 15 is 33.6 Å². The molecule has 5 fully saturated rings. The summed E-state index contributed by atoms with van der Waals surface area (Å²) in [5.41, 5.74) is 4.28. The van der Waals surface area contributed by atoms with Crippen LogP contribution < -0.4 is 20.6 Å². The molecule has 4 aromatic carbocycles. The predicted octanol–water partition coefficient (Wildman–Crippen LogP) is 11.3. The number of nitrogens with zero attached hydrogens (tertiary/aromatic N) is 9. The molecule has 11 atom stereocenters. The number of rotatable bonds is 19. The maximum atomic E-state index is 15.9. The van der Waals surface area contributed by atoms with Crippen molar-refractivity contribution in [3.63, 3.8) is 0 Å². The number of aliphatic hydroxyl groups is 1. The van der Waals surface area contributed by atoms with Gasteiger partial charge in [0.15, 0.2) is 23.7 Å². The molecule has 5 unspecified atom stereocenters. The monoisotopic (exact) mass is 1630 g/mol. The molecule has 0 aromatic heterocycles. The number of esters is 1. The van der Waals surface area contributed by atoms with Gasteiger partial charge in [0.25, 0.3) is 5.91 Å². The number of anilines is 2. The number of likely N-dealkylation sites (N-methyl/N-ethyl adjacent to an activating group) is 4. The number of carbonyl (C=O) groups is 9. The molecule has 2 N–H and O–H groups in total. The van der Waals surface area contributed by atoms with Gasteiger partial charge in [0.2, 0.25) is 29.5 Å². The second-order valence-electron chi connectivity index (χ2n) is 37.5. The highest BCUT2D eigenvalue weighted by Gasteiger charge is 2.53. The van der Waals surface area contributed by atoms with Crippen LogP contribution in [0.4, 0.5) is 11.4 Å². The van der Waals surface area contributed by atoms with Crippen LogP contribution in [0.1, 0.15) is 195 Å². The average molecular weight is 1630 g/mol. The third kappa shape index (κ3) is 23.6. The smallest absolute Gasteiger partial charge is 0.450 e. The van der Waals surface area contributed by atoms with Crippen LogP contribution in [0.3, 0.4) is 0 Å². The molecule has 5 heterocycles. The molecule has 0 saturated carbocycles. The van der Waals surface area contributed by atoms with Crippen molar-refractivity contribution in [2.45, 2.75) is 268 Å². The largest absolute Gasteiger partial charge is 0.494 e. The number of piperazine rings is 2. The van der Waals surface area contributed by atoms with E-state index in [2.05, 4.69) is 129 Å². The van der Waals surface area contributed by atoms with E-state index < -0.39 is 125 Å². The normalized spacial score (nSPS) is 25.3. The molecule has 24 heteroatoms. The number of ether oxygens (including phenoxy) is 1. The second kappa shape index (κ2) is 41.5. The number of cyclic esters (lactones) is 1. The first kappa shape index (κ1) is 95.4. The van der Waals surface area contributed by atoms with Crippen LogP contribution in [-0.4, -0.2) is 258 Å². The van der Waals surface area contributed by atoms with E-state index in [4.69, 9.17) is 14.0 Å². The zero-order valence-electron chi connectivity index (χ0n) is 75.7. The number of hydrogen-bond donors (Lipinski definition) is 2. The molecule has 118 heavy (non-hydrogen) atoms. The summed E-state index contributed by atoms with van der Waals surface area (Å²) >= 11 is 0. The quantitative estimate of drug-likeness (QED) is 0.0655. The molecule has 5 aliphatic heterocycles. The number of Topliss-reactive ketones (excluding diaryl/α,β-unsaturated/α-hetero) is 2. The summed E-state index contributed by atoms with van der Waals surface area (Å²) in [4.78, 5) is 154. The molecule has 0 spiro atoms.